The second-order valence-corrected chi connectivity index (χ2v) is 6.77. The lowest BCUT2D eigenvalue weighted by Gasteiger charge is -2.26. The molecular weight excluding hydrogens is 343 g/mol. The zero-order valence-corrected chi connectivity index (χ0v) is 15.3. The molecule has 1 aliphatic rings. The molecule has 136 valence electrons. The van der Waals surface area contributed by atoms with Gasteiger partial charge in [0, 0.05) is 12.7 Å². The number of nitrogens with zero attached hydrogens (tertiary/aromatic N) is 2. The monoisotopic (exact) mass is 366 g/mol. The van der Waals surface area contributed by atoms with Gasteiger partial charge < -0.3 is 10.6 Å². The van der Waals surface area contributed by atoms with Crippen LogP contribution >= 0.6 is 12.4 Å². The van der Waals surface area contributed by atoms with Crippen molar-refractivity contribution in [1.29, 1.82) is 0 Å². The highest BCUT2D eigenvalue weighted by atomic mass is 35.5. The molecule has 1 atom stereocenters. The molecule has 1 aromatic carbocycles. The molecule has 5 nitrogen and oxygen atoms in total. The fourth-order valence-corrected chi connectivity index (χ4v) is 3.02. The quantitative estimate of drug-likeness (QED) is 0.874. The molecule has 2 heterocycles. The molecule has 1 amide bonds. The number of piperidine rings is 1. The molecule has 2 aromatic rings. The first-order chi connectivity index (χ1) is 11.5. The van der Waals surface area contributed by atoms with Crippen LogP contribution in [0.4, 0.5) is 4.39 Å². The minimum Gasteiger partial charge on any atom is -0.342 e. The van der Waals surface area contributed by atoms with E-state index in [1.54, 1.807) is 18.2 Å². The van der Waals surface area contributed by atoms with Crippen molar-refractivity contribution in [3.63, 3.8) is 0 Å². The Balaban J connectivity index is 0.00000225. The van der Waals surface area contributed by atoms with Gasteiger partial charge in [-0.05, 0) is 57.0 Å². The Morgan fingerprint density at radius 1 is 1.40 bits per heavy atom. The number of benzene rings is 1. The minimum atomic E-state index is -0.685. The summed E-state index contributed by atoms with van der Waals surface area (Å²) in [5, 5.41) is 10.7. The SMILES string of the molecule is CC(C)(NC(=O)c1ccn(C2CCCNC2)n1)c1cccc(F)c1.Cl. The molecule has 1 fully saturated rings. The van der Waals surface area contributed by atoms with Crippen molar-refractivity contribution in [2.75, 3.05) is 13.1 Å². The molecule has 0 aliphatic carbocycles. The van der Waals surface area contributed by atoms with Gasteiger partial charge in [0.2, 0.25) is 0 Å². The lowest BCUT2D eigenvalue weighted by Crippen LogP contribution is -2.41. The molecule has 0 spiro atoms. The molecule has 0 radical (unpaired) electrons. The average molecular weight is 367 g/mol. The number of amides is 1. The Morgan fingerprint density at radius 3 is 2.88 bits per heavy atom. The van der Waals surface area contributed by atoms with Crippen LogP contribution in [-0.2, 0) is 5.54 Å². The van der Waals surface area contributed by atoms with Crippen molar-refractivity contribution >= 4 is 18.3 Å². The van der Waals surface area contributed by atoms with Gasteiger partial charge in [0.25, 0.3) is 5.91 Å². The Labute approximate surface area is 153 Å². The molecule has 7 heteroatoms. The summed E-state index contributed by atoms with van der Waals surface area (Å²) in [7, 11) is 0. The van der Waals surface area contributed by atoms with E-state index in [1.165, 1.54) is 12.1 Å². The molecule has 1 aromatic heterocycles. The summed E-state index contributed by atoms with van der Waals surface area (Å²) >= 11 is 0. The third-order valence-electron chi connectivity index (χ3n) is 4.46. The lowest BCUT2D eigenvalue weighted by molar-refractivity contribution is 0.0905. The van der Waals surface area contributed by atoms with Crippen molar-refractivity contribution in [2.45, 2.75) is 38.3 Å². The third kappa shape index (κ3) is 4.58. The number of carbonyl (C=O) groups is 1. The first-order valence-corrected chi connectivity index (χ1v) is 8.30. The summed E-state index contributed by atoms with van der Waals surface area (Å²) in [4.78, 5) is 12.5. The van der Waals surface area contributed by atoms with Crippen LogP contribution in [0.15, 0.2) is 36.5 Å². The Kier molecular flexibility index (Phi) is 6.19. The Bertz CT molecular complexity index is 725. The van der Waals surface area contributed by atoms with Crippen LogP contribution < -0.4 is 10.6 Å². The standard InChI is InChI=1S/C18H23FN4O.ClH/c1-18(2,13-5-3-6-14(19)11-13)21-17(24)16-8-10-23(22-16)15-7-4-9-20-12-15;/h3,5-6,8,10-11,15,20H,4,7,9,12H2,1-2H3,(H,21,24);1H. The first kappa shape index (κ1) is 19.4. The summed E-state index contributed by atoms with van der Waals surface area (Å²) in [6.45, 7) is 5.61. The molecular formula is C18H24ClFN4O. The Morgan fingerprint density at radius 2 is 2.20 bits per heavy atom. The number of hydrogen-bond donors (Lipinski definition) is 2. The first-order valence-electron chi connectivity index (χ1n) is 8.30. The van der Waals surface area contributed by atoms with Gasteiger partial charge in [-0.25, -0.2) is 4.39 Å². The van der Waals surface area contributed by atoms with E-state index in [9.17, 15) is 9.18 Å². The van der Waals surface area contributed by atoms with Gasteiger partial charge in [-0.15, -0.1) is 12.4 Å². The van der Waals surface area contributed by atoms with E-state index in [1.807, 2.05) is 24.7 Å². The molecule has 25 heavy (non-hydrogen) atoms. The normalized spacial score (nSPS) is 17.6. The van der Waals surface area contributed by atoms with Crippen LogP contribution in [0.2, 0.25) is 0 Å². The summed E-state index contributed by atoms with van der Waals surface area (Å²) in [6.07, 6.45) is 4.02. The van der Waals surface area contributed by atoms with Crippen LogP contribution in [-0.4, -0.2) is 28.8 Å². The number of nitrogens with one attached hydrogen (secondary N) is 2. The van der Waals surface area contributed by atoms with E-state index in [4.69, 9.17) is 0 Å². The predicted octanol–water partition coefficient (Wildman–Crippen LogP) is 3.03. The maximum atomic E-state index is 13.4. The van der Waals surface area contributed by atoms with Crippen LogP contribution in [0.3, 0.4) is 0 Å². The van der Waals surface area contributed by atoms with Crippen molar-refractivity contribution < 1.29 is 9.18 Å². The molecule has 3 rings (SSSR count). The fraction of sp³-hybridized carbons (Fsp3) is 0.444. The van der Waals surface area contributed by atoms with E-state index in [0.29, 0.717) is 11.3 Å². The maximum Gasteiger partial charge on any atom is 0.272 e. The molecule has 1 aliphatic heterocycles. The highest BCUT2D eigenvalue weighted by Crippen LogP contribution is 2.21. The summed E-state index contributed by atoms with van der Waals surface area (Å²) in [5.74, 6) is -0.573. The number of hydrogen-bond acceptors (Lipinski definition) is 3. The molecule has 0 saturated carbocycles. The van der Waals surface area contributed by atoms with Crippen molar-refractivity contribution in [3.05, 3.63) is 53.6 Å². The zero-order chi connectivity index (χ0) is 17.2. The van der Waals surface area contributed by atoms with Gasteiger partial charge >= 0.3 is 0 Å². The smallest absolute Gasteiger partial charge is 0.272 e. The lowest BCUT2D eigenvalue weighted by atomic mass is 9.94. The number of rotatable bonds is 4. The van der Waals surface area contributed by atoms with Gasteiger partial charge in [-0.2, -0.15) is 5.10 Å². The molecule has 1 saturated heterocycles. The largest absolute Gasteiger partial charge is 0.342 e. The Hall–Kier alpha value is -1.92. The van der Waals surface area contributed by atoms with Gasteiger partial charge in [-0.3, -0.25) is 9.48 Å². The van der Waals surface area contributed by atoms with E-state index >= 15 is 0 Å². The van der Waals surface area contributed by atoms with E-state index in [2.05, 4.69) is 15.7 Å². The highest BCUT2D eigenvalue weighted by Gasteiger charge is 2.25. The van der Waals surface area contributed by atoms with Crippen molar-refractivity contribution in [1.82, 2.24) is 20.4 Å². The van der Waals surface area contributed by atoms with Crippen LogP contribution in [0.5, 0.6) is 0 Å². The van der Waals surface area contributed by atoms with Crippen molar-refractivity contribution in [3.8, 4) is 0 Å². The van der Waals surface area contributed by atoms with E-state index in [0.717, 1.165) is 25.9 Å². The number of carbonyl (C=O) groups excluding carboxylic acids is 1. The summed E-state index contributed by atoms with van der Waals surface area (Å²) in [6, 6.07) is 8.29. The van der Waals surface area contributed by atoms with E-state index in [-0.39, 0.29) is 30.2 Å². The zero-order valence-electron chi connectivity index (χ0n) is 14.5. The van der Waals surface area contributed by atoms with Gasteiger partial charge in [0.15, 0.2) is 0 Å². The van der Waals surface area contributed by atoms with Gasteiger partial charge in [-0.1, -0.05) is 12.1 Å². The molecule has 2 N–H and O–H groups in total. The highest BCUT2D eigenvalue weighted by molar-refractivity contribution is 5.92. The predicted molar refractivity (Wildman–Crippen MR) is 97.5 cm³/mol. The second kappa shape index (κ2) is 7.97. The van der Waals surface area contributed by atoms with Crippen molar-refractivity contribution in [2.24, 2.45) is 0 Å². The average Bonchev–Trinajstić information content (AvgIpc) is 3.05. The second-order valence-electron chi connectivity index (χ2n) is 6.77. The van der Waals surface area contributed by atoms with Gasteiger partial charge in [0.1, 0.15) is 11.5 Å². The minimum absolute atomic E-state index is 0. The van der Waals surface area contributed by atoms with E-state index < -0.39 is 5.54 Å². The van der Waals surface area contributed by atoms with Gasteiger partial charge in [0.05, 0.1) is 11.6 Å². The third-order valence-corrected chi connectivity index (χ3v) is 4.46. The number of halogens is 2. The number of aromatic nitrogens is 2. The summed E-state index contributed by atoms with van der Waals surface area (Å²) in [5.41, 5.74) is 0.409. The maximum absolute atomic E-state index is 13.4. The fourth-order valence-electron chi connectivity index (χ4n) is 3.02. The molecule has 0 bridgehead atoms. The topological polar surface area (TPSA) is 59.0 Å². The van der Waals surface area contributed by atoms with Crippen LogP contribution in [0.25, 0.3) is 0 Å². The van der Waals surface area contributed by atoms with Crippen LogP contribution in [0.1, 0.15) is 48.8 Å². The summed E-state index contributed by atoms with van der Waals surface area (Å²) < 4.78 is 15.3. The molecule has 1 unspecified atom stereocenters. The van der Waals surface area contributed by atoms with Crippen LogP contribution in [0, 0.1) is 5.82 Å².